The summed E-state index contributed by atoms with van der Waals surface area (Å²) in [4.78, 5) is 23.1. The summed E-state index contributed by atoms with van der Waals surface area (Å²) in [6, 6.07) is 0.623. The van der Waals surface area contributed by atoms with Crippen LogP contribution in [-0.4, -0.2) is 23.0 Å². The Labute approximate surface area is 112 Å². The van der Waals surface area contributed by atoms with Gasteiger partial charge in [0.25, 0.3) is 5.91 Å². The third kappa shape index (κ3) is 3.98. The van der Waals surface area contributed by atoms with Crippen LogP contribution in [0.2, 0.25) is 0 Å². The summed E-state index contributed by atoms with van der Waals surface area (Å²) < 4.78 is 5.25. The van der Waals surface area contributed by atoms with Crippen LogP contribution in [0.25, 0.3) is 0 Å². The molecule has 1 heterocycles. The molecule has 0 radical (unpaired) electrons. The van der Waals surface area contributed by atoms with Crippen LogP contribution in [0, 0.1) is 0 Å². The fourth-order valence-electron chi connectivity index (χ4n) is 1.69. The lowest BCUT2D eigenvalue weighted by Gasteiger charge is -2.13. The lowest BCUT2D eigenvalue weighted by atomic mass is 10.1. The van der Waals surface area contributed by atoms with Crippen molar-refractivity contribution in [2.45, 2.75) is 39.2 Å². The molecule has 104 valence electrons. The van der Waals surface area contributed by atoms with Gasteiger partial charge in [0.2, 0.25) is 0 Å². The van der Waals surface area contributed by atoms with Crippen molar-refractivity contribution in [3.05, 3.63) is 35.8 Å². The number of rotatable bonds is 6. The number of aliphatic carboxylic acids is 1. The summed E-state index contributed by atoms with van der Waals surface area (Å²) in [5.74, 6) is -0.849. The first kappa shape index (κ1) is 15.0. The van der Waals surface area contributed by atoms with Gasteiger partial charge in [0.05, 0.1) is 11.8 Å². The minimum Gasteiger partial charge on any atom is -0.480 e. The highest BCUT2D eigenvalue weighted by atomic mass is 16.4. The van der Waals surface area contributed by atoms with E-state index in [0.29, 0.717) is 11.3 Å². The van der Waals surface area contributed by atoms with Crippen molar-refractivity contribution in [2.24, 2.45) is 0 Å². The summed E-state index contributed by atoms with van der Waals surface area (Å²) in [7, 11) is 0. The van der Waals surface area contributed by atoms with E-state index in [1.165, 1.54) is 6.26 Å². The van der Waals surface area contributed by atoms with Gasteiger partial charge in [-0.3, -0.25) is 4.79 Å². The number of allylic oxidation sites excluding steroid dienone is 1. The zero-order valence-corrected chi connectivity index (χ0v) is 11.3. The normalized spacial score (nSPS) is 12.8. The van der Waals surface area contributed by atoms with Crippen molar-refractivity contribution in [2.75, 3.05) is 0 Å². The molecule has 1 atom stereocenters. The highest BCUT2D eigenvalue weighted by Gasteiger charge is 2.23. The second kappa shape index (κ2) is 6.78. The molecule has 0 aliphatic carbocycles. The molecule has 19 heavy (non-hydrogen) atoms. The average Bonchev–Trinajstić information content (AvgIpc) is 2.83. The van der Waals surface area contributed by atoms with Crippen LogP contribution in [-0.2, 0) is 4.79 Å². The van der Waals surface area contributed by atoms with E-state index in [-0.39, 0.29) is 12.3 Å². The zero-order chi connectivity index (χ0) is 14.4. The molecule has 1 rings (SSSR count). The smallest absolute Gasteiger partial charge is 0.326 e. The Kier molecular flexibility index (Phi) is 5.36. The highest BCUT2D eigenvalue weighted by molar-refractivity contribution is 5.97. The Balaban J connectivity index is 2.82. The quantitative estimate of drug-likeness (QED) is 0.775. The number of hydrogen-bond acceptors (Lipinski definition) is 3. The van der Waals surface area contributed by atoms with Crippen LogP contribution in [0.3, 0.4) is 0 Å². The molecule has 2 N–H and O–H groups in total. The summed E-state index contributed by atoms with van der Waals surface area (Å²) >= 11 is 0. The standard InChI is InChI=1S/C14H19NO4/c1-4-5-6-11(14(17)18)15-13(16)10-7-8-19-12(10)9(2)3/h4-5,7-9,11H,6H2,1-3H3,(H,15,16)(H,17,18)/b5-4+. The maximum atomic E-state index is 12.1. The van der Waals surface area contributed by atoms with E-state index in [2.05, 4.69) is 5.32 Å². The fraction of sp³-hybridized carbons (Fsp3) is 0.429. The van der Waals surface area contributed by atoms with E-state index in [1.807, 2.05) is 13.8 Å². The Morgan fingerprint density at radius 2 is 2.16 bits per heavy atom. The Morgan fingerprint density at radius 3 is 2.68 bits per heavy atom. The van der Waals surface area contributed by atoms with E-state index in [9.17, 15) is 9.59 Å². The number of hydrogen-bond donors (Lipinski definition) is 2. The molecule has 1 unspecified atom stereocenters. The summed E-state index contributed by atoms with van der Waals surface area (Å²) in [5.41, 5.74) is 0.390. The van der Waals surface area contributed by atoms with Crippen molar-refractivity contribution >= 4 is 11.9 Å². The van der Waals surface area contributed by atoms with Gasteiger partial charge in [0.1, 0.15) is 11.8 Å². The molecule has 0 saturated heterocycles. The highest BCUT2D eigenvalue weighted by Crippen LogP contribution is 2.20. The molecule has 5 nitrogen and oxygen atoms in total. The minimum absolute atomic E-state index is 0.0644. The molecule has 0 saturated carbocycles. The van der Waals surface area contributed by atoms with Crippen molar-refractivity contribution < 1.29 is 19.1 Å². The topological polar surface area (TPSA) is 79.5 Å². The minimum atomic E-state index is -1.05. The fourth-order valence-corrected chi connectivity index (χ4v) is 1.69. The van der Waals surface area contributed by atoms with E-state index in [4.69, 9.17) is 9.52 Å². The molecular formula is C14H19NO4. The maximum absolute atomic E-state index is 12.1. The monoisotopic (exact) mass is 265 g/mol. The van der Waals surface area contributed by atoms with E-state index in [1.54, 1.807) is 25.1 Å². The molecule has 5 heteroatoms. The lowest BCUT2D eigenvalue weighted by Crippen LogP contribution is -2.40. The third-order valence-electron chi connectivity index (χ3n) is 2.68. The Bertz CT molecular complexity index is 474. The first-order valence-corrected chi connectivity index (χ1v) is 6.19. The van der Waals surface area contributed by atoms with E-state index in [0.717, 1.165) is 0 Å². The second-order valence-electron chi connectivity index (χ2n) is 4.52. The van der Waals surface area contributed by atoms with Gasteiger partial charge in [-0.1, -0.05) is 26.0 Å². The number of amides is 1. The van der Waals surface area contributed by atoms with Crippen LogP contribution in [0.1, 0.15) is 49.2 Å². The van der Waals surface area contributed by atoms with Crippen molar-refractivity contribution in [1.29, 1.82) is 0 Å². The van der Waals surface area contributed by atoms with Crippen LogP contribution in [0.15, 0.2) is 28.9 Å². The first-order chi connectivity index (χ1) is 8.97. The van der Waals surface area contributed by atoms with Crippen molar-refractivity contribution in [3.8, 4) is 0 Å². The molecule has 0 aliphatic rings. The van der Waals surface area contributed by atoms with Gasteiger partial charge >= 0.3 is 5.97 Å². The lowest BCUT2D eigenvalue weighted by molar-refractivity contribution is -0.139. The van der Waals surface area contributed by atoms with Gasteiger partial charge in [-0.15, -0.1) is 0 Å². The first-order valence-electron chi connectivity index (χ1n) is 6.19. The number of carboxylic acids is 1. The largest absolute Gasteiger partial charge is 0.480 e. The molecule has 1 aromatic heterocycles. The molecule has 0 bridgehead atoms. The molecular weight excluding hydrogens is 246 g/mol. The van der Waals surface area contributed by atoms with Crippen LogP contribution in [0.5, 0.6) is 0 Å². The van der Waals surface area contributed by atoms with Gasteiger partial charge in [0.15, 0.2) is 0 Å². The maximum Gasteiger partial charge on any atom is 0.326 e. The predicted octanol–water partition coefficient (Wildman–Crippen LogP) is 2.55. The van der Waals surface area contributed by atoms with Crippen LogP contribution < -0.4 is 5.32 Å². The number of carbonyl (C=O) groups excluding carboxylic acids is 1. The molecule has 1 amide bonds. The van der Waals surface area contributed by atoms with Gasteiger partial charge < -0.3 is 14.8 Å². The molecule has 0 fully saturated rings. The van der Waals surface area contributed by atoms with E-state index >= 15 is 0 Å². The number of nitrogens with one attached hydrogen (secondary N) is 1. The molecule has 0 aliphatic heterocycles. The predicted molar refractivity (Wildman–Crippen MR) is 71.1 cm³/mol. The van der Waals surface area contributed by atoms with Crippen LogP contribution >= 0.6 is 0 Å². The van der Waals surface area contributed by atoms with Crippen molar-refractivity contribution in [3.63, 3.8) is 0 Å². The Hall–Kier alpha value is -2.04. The summed E-state index contributed by atoms with van der Waals surface area (Å²) in [6.07, 6.45) is 5.15. The van der Waals surface area contributed by atoms with Gasteiger partial charge in [-0.2, -0.15) is 0 Å². The SMILES string of the molecule is C/C=C/CC(NC(=O)c1ccoc1C(C)C)C(=O)O. The zero-order valence-electron chi connectivity index (χ0n) is 11.3. The van der Waals surface area contributed by atoms with E-state index < -0.39 is 17.9 Å². The third-order valence-corrected chi connectivity index (χ3v) is 2.68. The average molecular weight is 265 g/mol. The molecule has 1 aromatic rings. The number of carbonyl (C=O) groups is 2. The number of carboxylic acid groups (broad SMARTS) is 1. The van der Waals surface area contributed by atoms with Crippen molar-refractivity contribution in [1.82, 2.24) is 5.32 Å². The summed E-state index contributed by atoms with van der Waals surface area (Å²) in [5, 5.41) is 11.6. The summed E-state index contributed by atoms with van der Waals surface area (Å²) in [6.45, 7) is 5.61. The molecule has 0 spiro atoms. The Morgan fingerprint density at radius 1 is 1.47 bits per heavy atom. The number of furan rings is 1. The molecule has 0 aromatic carbocycles. The van der Waals surface area contributed by atoms with Crippen LogP contribution in [0.4, 0.5) is 0 Å². The second-order valence-corrected chi connectivity index (χ2v) is 4.52. The van der Waals surface area contributed by atoms with Gasteiger partial charge in [0, 0.05) is 5.92 Å². The van der Waals surface area contributed by atoms with Gasteiger partial charge in [-0.05, 0) is 19.4 Å². The van der Waals surface area contributed by atoms with Gasteiger partial charge in [-0.25, -0.2) is 4.79 Å².